The summed E-state index contributed by atoms with van der Waals surface area (Å²) in [6.45, 7) is 18.3. The van der Waals surface area contributed by atoms with Crippen LogP contribution in [-0.2, 0) is 6.42 Å². The van der Waals surface area contributed by atoms with E-state index in [4.69, 9.17) is 5.73 Å². The van der Waals surface area contributed by atoms with Gasteiger partial charge >= 0.3 is 0 Å². The first kappa shape index (κ1) is 30.0. The van der Waals surface area contributed by atoms with Crippen LogP contribution in [0.1, 0.15) is 64.4 Å². The fourth-order valence-electron chi connectivity index (χ4n) is 6.82. The molecule has 1 aromatic carbocycles. The Bertz CT molecular complexity index is 1110. The van der Waals surface area contributed by atoms with Crippen molar-refractivity contribution in [1.82, 2.24) is 15.1 Å². The minimum atomic E-state index is 0.157. The summed E-state index contributed by atoms with van der Waals surface area (Å²) in [4.78, 5) is 4.71. The van der Waals surface area contributed by atoms with E-state index in [-0.39, 0.29) is 6.04 Å². The van der Waals surface area contributed by atoms with Crippen LogP contribution in [0.15, 0.2) is 103 Å². The molecule has 4 heteroatoms. The molecule has 0 spiro atoms. The average Bonchev–Trinajstić information content (AvgIpc) is 3.21. The maximum absolute atomic E-state index is 5.93. The van der Waals surface area contributed by atoms with E-state index in [9.17, 15) is 0 Å². The van der Waals surface area contributed by atoms with Crippen molar-refractivity contribution in [2.24, 2.45) is 23.5 Å². The molecular formula is C36H52N4. The molecule has 0 radical (unpaired) electrons. The Hall–Kier alpha value is -2.98. The number of aryl methyl sites for hydroxylation is 1. The topological polar surface area (TPSA) is 44.5 Å². The molecule has 40 heavy (non-hydrogen) atoms. The molecule has 2 heterocycles. The number of allylic oxidation sites excluding steroid dienone is 3. The van der Waals surface area contributed by atoms with Crippen molar-refractivity contribution >= 4 is 0 Å². The average molecular weight is 541 g/mol. The van der Waals surface area contributed by atoms with E-state index in [2.05, 4.69) is 117 Å². The minimum Gasteiger partial charge on any atom is -0.373 e. The number of nitrogens with zero attached hydrogens (tertiary/aromatic N) is 2. The van der Waals surface area contributed by atoms with Gasteiger partial charge in [0.25, 0.3) is 0 Å². The summed E-state index contributed by atoms with van der Waals surface area (Å²) in [5, 5.41) is 3.61. The van der Waals surface area contributed by atoms with Gasteiger partial charge in [0.05, 0.1) is 17.9 Å². The number of nitrogens with one attached hydrogen (secondary N) is 1. The second-order valence-electron chi connectivity index (χ2n) is 12.4. The van der Waals surface area contributed by atoms with E-state index >= 15 is 0 Å². The summed E-state index contributed by atoms with van der Waals surface area (Å²) in [6.07, 6.45) is 20.8. The van der Waals surface area contributed by atoms with Crippen LogP contribution in [0.25, 0.3) is 0 Å². The Balaban J connectivity index is 1.22. The maximum Gasteiger partial charge on any atom is 0.0992 e. The van der Waals surface area contributed by atoms with Crippen LogP contribution in [0.2, 0.25) is 0 Å². The van der Waals surface area contributed by atoms with E-state index in [1.807, 2.05) is 0 Å². The molecule has 1 saturated heterocycles. The fourth-order valence-corrected chi connectivity index (χ4v) is 6.82. The Labute approximate surface area is 244 Å². The second-order valence-corrected chi connectivity index (χ2v) is 12.4. The number of likely N-dealkylation sites (N-methyl/N-ethyl adjacent to an activating group) is 1. The first-order valence-corrected chi connectivity index (χ1v) is 15.4. The van der Waals surface area contributed by atoms with Crippen LogP contribution in [-0.4, -0.2) is 41.5 Å². The fraction of sp³-hybridized carbons (Fsp3) is 0.500. The van der Waals surface area contributed by atoms with Crippen molar-refractivity contribution in [3.05, 3.63) is 109 Å². The minimum absolute atomic E-state index is 0.157. The quantitative estimate of drug-likeness (QED) is 0.243. The molecule has 4 atom stereocenters. The van der Waals surface area contributed by atoms with Gasteiger partial charge in [-0.2, -0.15) is 0 Å². The summed E-state index contributed by atoms with van der Waals surface area (Å²) in [5.41, 5.74) is 10.9. The smallest absolute Gasteiger partial charge is 0.0992 e. The summed E-state index contributed by atoms with van der Waals surface area (Å²) in [7, 11) is 2.17. The van der Waals surface area contributed by atoms with Gasteiger partial charge in [0.1, 0.15) is 0 Å². The molecule has 4 rings (SSSR count). The predicted octanol–water partition coefficient (Wildman–Crippen LogP) is 7.31. The Kier molecular flexibility index (Phi) is 10.6. The highest BCUT2D eigenvalue weighted by atomic mass is 15.3. The zero-order valence-corrected chi connectivity index (χ0v) is 25.2. The summed E-state index contributed by atoms with van der Waals surface area (Å²) < 4.78 is 0. The zero-order chi connectivity index (χ0) is 28.6. The standard InChI is InChI=1S/C36H52N4/c1-7-30(15-11-16-31-13-9-8-10-14-31)18-19-35-28(4)40(29(5)38-35)33-23-32(24-33)21-26(2)22-36-34(27(3)25-37)17-12-20-39(36)6/h8-10,12-14,17-20,26,30,32-33,35-36,38H,3-5,7,11,15-16,21-25,37H2,1-2,6H3/b19-18-/t26-,30?,32?,33?,35?,36?/m0/s1. The molecule has 3 aliphatic rings. The highest BCUT2D eigenvalue weighted by Gasteiger charge is 2.40. The summed E-state index contributed by atoms with van der Waals surface area (Å²) in [5.74, 6) is 3.02. The lowest BCUT2D eigenvalue weighted by molar-refractivity contribution is 0.117. The predicted molar refractivity (Wildman–Crippen MR) is 171 cm³/mol. The number of benzene rings is 1. The number of hydrogen-bond acceptors (Lipinski definition) is 4. The highest BCUT2D eigenvalue weighted by molar-refractivity contribution is 5.39. The number of nitrogens with two attached hydrogens (primary N) is 1. The largest absolute Gasteiger partial charge is 0.373 e. The molecule has 0 aromatic heterocycles. The van der Waals surface area contributed by atoms with Crippen LogP contribution in [0.3, 0.4) is 0 Å². The van der Waals surface area contributed by atoms with Crippen molar-refractivity contribution in [3.8, 4) is 0 Å². The molecule has 1 aromatic rings. The molecule has 0 bridgehead atoms. The molecular weight excluding hydrogens is 488 g/mol. The Morgan fingerprint density at radius 2 is 1.93 bits per heavy atom. The van der Waals surface area contributed by atoms with Gasteiger partial charge in [-0.05, 0) is 98.1 Å². The Morgan fingerprint density at radius 3 is 2.62 bits per heavy atom. The number of hydrogen-bond donors (Lipinski definition) is 2. The molecule has 3 unspecified atom stereocenters. The van der Waals surface area contributed by atoms with Crippen molar-refractivity contribution in [1.29, 1.82) is 0 Å². The highest BCUT2D eigenvalue weighted by Crippen LogP contribution is 2.42. The van der Waals surface area contributed by atoms with Gasteiger partial charge in [0.15, 0.2) is 0 Å². The second kappa shape index (κ2) is 14.1. The van der Waals surface area contributed by atoms with E-state index in [0.717, 1.165) is 35.9 Å². The van der Waals surface area contributed by atoms with E-state index in [1.165, 1.54) is 49.7 Å². The normalized spacial score (nSPS) is 26.1. The SMILES string of the molecule is C=C(CN)C1=CC=CN(C)C1C[C@@H](C)CC1CC(N2C(=C)NC(/C=C\C(CC)CCCc3ccccc3)C2=C)C1. The van der Waals surface area contributed by atoms with Crippen LogP contribution in [0.5, 0.6) is 0 Å². The zero-order valence-electron chi connectivity index (χ0n) is 25.2. The molecule has 2 fully saturated rings. The van der Waals surface area contributed by atoms with Crippen LogP contribution < -0.4 is 11.1 Å². The maximum atomic E-state index is 5.93. The molecule has 2 aliphatic heterocycles. The molecule has 4 nitrogen and oxygen atoms in total. The third-order valence-corrected chi connectivity index (χ3v) is 9.30. The lowest BCUT2D eigenvalue weighted by Crippen LogP contribution is -2.43. The third kappa shape index (κ3) is 7.40. The Morgan fingerprint density at radius 1 is 1.18 bits per heavy atom. The monoisotopic (exact) mass is 540 g/mol. The van der Waals surface area contributed by atoms with Crippen LogP contribution in [0, 0.1) is 17.8 Å². The molecule has 0 amide bonds. The summed E-state index contributed by atoms with van der Waals surface area (Å²) >= 11 is 0. The van der Waals surface area contributed by atoms with Crippen molar-refractivity contribution in [2.45, 2.75) is 83.3 Å². The lowest BCUT2D eigenvalue weighted by atomic mass is 9.73. The van der Waals surface area contributed by atoms with E-state index in [0.29, 0.717) is 30.5 Å². The van der Waals surface area contributed by atoms with E-state index in [1.54, 1.807) is 0 Å². The van der Waals surface area contributed by atoms with E-state index < -0.39 is 0 Å². The van der Waals surface area contributed by atoms with Crippen molar-refractivity contribution < 1.29 is 0 Å². The first-order chi connectivity index (χ1) is 19.3. The lowest BCUT2D eigenvalue weighted by Gasteiger charge is -2.44. The molecule has 3 N–H and O–H groups in total. The van der Waals surface area contributed by atoms with Crippen molar-refractivity contribution in [3.63, 3.8) is 0 Å². The van der Waals surface area contributed by atoms with Gasteiger partial charge in [0.2, 0.25) is 0 Å². The first-order valence-electron chi connectivity index (χ1n) is 15.4. The van der Waals surface area contributed by atoms with Gasteiger partial charge < -0.3 is 20.9 Å². The summed E-state index contributed by atoms with van der Waals surface area (Å²) in [6, 6.07) is 11.9. The van der Waals surface area contributed by atoms with Gasteiger partial charge in [-0.25, -0.2) is 0 Å². The number of rotatable bonds is 14. The van der Waals surface area contributed by atoms with Crippen LogP contribution in [0.4, 0.5) is 0 Å². The molecule has 1 saturated carbocycles. The van der Waals surface area contributed by atoms with Gasteiger partial charge in [-0.3, -0.25) is 0 Å². The van der Waals surface area contributed by atoms with Crippen LogP contribution >= 0.6 is 0 Å². The molecule has 1 aliphatic carbocycles. The van der Waals surface area contributed by atoms with Gasteiger partial charge in [-0.15, -0.1) is 0 Å². The third-order valence-electron chi connectivity index (χ3n) is 9.30. The molecule has 216 valence electrons. The van der Waals surface area contributed by atoms with Gasteiger partial charge in [-0.1, -0.05) is 82.1 Å². The van der Waals surface area contributed by atoms with Crippen molar-refractivity contribution in [2.75, 3.05) is 13.6 Å². The van der Waals surface area contributed by atoms with Gasteiger partial charge in [0, 0.05) is 25.3 Å².